The van der Waals surface area contributed by atoms with Gasteiger partial charge in [-0.1, -0.05) is 28.1 Å². The van der Waals surface area contributed by atoms with E-state index in [4.69, 9.17) is 4.74 Å². The minimum atomic E-state index is -0.704. The van der Waals surface area contributed by atoms with E-state index in [-0.39, 0.29) is 12.2 Å². The molecule has 0 saturated heterocycles. The average molecular weight is 534 g/mol. The molecule has 1 N–H and O–H groups in total. The molecule has 0 saturated carbocycles. The van der Waals surface area contributed by atoms with Crippen LogP contribution in [0.1, 0.15) is 28.3 Å². The molecule has 2 aromatic carbocycles. The zero-order valence-electron chi connectivity index (χ0n) is 18.8. The molecule has 1 atom stereocenters. The van der Waals surface area contributed by atoms with Gasteiger partial charge in [0.15, 0.2) is 0 Å². The number of methoxy groups -OCH3 is 1. The minimum Gasteiger partial charge on any atom is -0.481 e. The molecule has 0 spiro atoms. The molecule has 0 amide bonds. The lowest BCUT2D eigenvalue weighted by atomic mass is 9.96. The second-order valence-electron chi connectivity index (χ2n) is 8.19. The highest BCUT2D eigenvalue weighted by Gasteiger charge is 2.20. The first-order chi connectivity index (χ1) is 17.0. The van der Waals surface area contributed by atoms with Crippen LogP contribution in [-0.2, 0) is 6.54 Å². The molecule has 6 nitrogen and oxygen atoms in total. The summed E-state index contributed by atoms with van der Waals surface area (Å²) in [5.74, 6) is 0.0915. The fourth-order valence-electron chi connectivity index (χ4n) is 4.30. The van der Waals surface area contributed by atoms with Crippen molar-refractivity contribution in [3.05, 3.63) is 116 Å². The highest BCUT2D eigenvalue weighted by atomic mass is 79.9. The van der Waals surface area contributed by atoms with Gasteiger partial charge < -0.3 is 14.4 Å². The number of nitrogens with zero attached hydrogens (tertiary/aromatic N) is 3. The highest BCUT2D eigenvalue weighted by Crippen LogP contribution is 2.29. The predicted molar refractivity (Wildman–Crippen MR) is 136 cm³/mol. The van der Waals surface area contributed by atoms with E-state index in [0.717, 1.165) is 33.5 Å². The third kappa shape index (κ3) is 4.54. The molecule has 3 heterocycles. The van der Waals surface area contributed by atoms with Crippen molar-refractivity contribution in [3.8, 4) is 17.0 Å². The topological polar surface area (TPSA) is 76.7 Å². The molecule has 4 aromatic rings. The van der Waals surface area contributed by atoms with Crippen LogP contribution in [-0.4, -0.2) is 34.1 Å². The molecule has 0 bridgehead atoms. The number of halogens is 2. The number of aliphatic hydroxyl groups excluding tert-OH is 1. The Balaban J connectivity index is 1.48. The predicted octanol–water partition coefficient (Wildman–Crippen LogP) is 4.75. The van der Waals surface area contributed by atoms with Gasteiger partial charge in [0.25, 0.3) is 5.56 Å². The number of rotatable bonds is 6. The molecule has 1 aliphatic rings. The lowest BCUT2D eigenvalue weighted by Crippen LogP contribution is -2.27. The summed E-state index contributed by atoms with van der Waals surface area (Å²) < 4.78 is 21.0. The first-order valence-electron chi connectivity index (χ1n) is 10.9. The van der Waals surface area contributed by atoms with Crippen LogP contribution in [0.3, 0.4) is 0 Å². The molecule has 176 valence electrons. The second kappa shape index (κ2) is 9.56. The molecule has 2 aromatic heterocycles. The molecule has 0 aliphatic carbocycles. The van der Waals surface area contributed by atoms with Crippen LogP contribution in [0.25, 0.3) is 11.1 Å². The van der Waals surface area contributed by atoms with Gasteiger partial charge >= 0.3 is 0 Å². The number of aliphatic hydroxyl groups is 1. The Morgan fingerprint density at radius 3 is 2.57 bits per heavy atom. The highest BCUT2D eigenvalue weighted by molar-refractivity contribution is 9.10. The number of hydrogen-bond donors (Lipinski definition) is 1. The smallest absolute Gasteiger partial charge is 0.251 e. The fourth-order valence-corrected chi connectivity index (χ4v) is 4.78. The van der Waals surface area contributed by atoms with Crippen molar-refractivity contribution in [3.63, 3.8) is 0 Å². The average Bonchev–Trinajstić information content (AvgIpc) is 3.28. The third-order valence-electron chi connectivity index (χ3n) is 6.05. The van der Waals surface area contributed by atoms with Crippen LogP contribution in [0.5, 0.6) is 5.88 Å². The second-order valence-corrected chi connectivity index (χ2v) is 9.10. The van der Waals surface area contributed by atoms with E-state index in [1.165, 1.54) is 22.8 Å². The maximum atomic E-state index is 13.9. The van der Waals surface area contributed by atoms with Gasteiger partial charge in [-0.05, 0) is 58.7 Å². The van der Waals surface area contributed by atoms with E-state index in [0.29, 0.717) is 22.5 Å². The van der Waals surface area contributed by atoms with Gasteiger partial charge in [-0.25, -0.2) is 9.37 Å². The maximum absolute atomic E-state index is 13.9. The van der Waals surface area contributed by atoms with Crippen molar-refractivity contribution in [1.82, 2.24) is 9.55 Å². The quantitative estimate of drug-likeness (QED) is 0.388. The summed E-state index contributed by atoms with van der Waals surface area (Å²) in [6, 6.07) is 16.7. The minimum absolute atomic E-state index is 0.296. The number of fused-ring (bicyclic) bond motifs is 1. The Labute approximate surface area is 209 Å². The summed E-state index contributed by atoms with van der Waals surface area (Å²) in [5.41, 5.74) is 5.66. The summed E-state index contributed by atoms with van der Waals surface area (Å²) in [5, 5.41) is 9.98. The molecular formula is C27H21BrFN3O3. The summed E-state index contributed by atoms with van der Waals surface area (Å²) in [7, 11) is 1.57. The molecular weight excluding hydrogens is 513 g/mol. The maximum Gasteiger partial charge on any atom is 0.251 e. The van der Waals surface area contributed by atoms with E-state index in [2.05, 4.69) is 25.9 Å². The van der Waals surface area contributed by atoms with Gasteiger partial charge in [-0.3, -0.25) is 9.79 Å². The zero-order chi connectivity index (χ0) is 24.5. The van der Waals surface area contributed by atoms with Crippen molar-refractivity contribution in [2.24, 2.45) is 4.99 Å². The summed E-state index contributed by atoms with van der Waals surface area (Å²) in [4.78, 5) is 22.0. The van der Waals surface area contributed by atoms with Crippen LogP contribution in [0, 0.1) is 5.82 Å². The lowest BCUT2D eigenvalue weighted by molar-refractivity contribution is 0.246. The van der Waals surface area contributed by atoms with E-state index in [1.54, 1.807) is 31.6 Å². The van der Waals surface area contributed by atoms with Crippen LogP contribution < -0.4 is 10.3 Å². The summed E-state index contributed by atoms with van der Waals surface area (Å²) in [6.07, 6.45) is 3.37. The Morgan fingerprint density at radius 1 is 1.09 bits per heavy atom. The molecule has 8 heteroatoms. The standard InChI is InChI=1S/C27H21BrFN3O3/c1-35-25-5-4-19(14-30-25)27-23-10-16(2-3-18(23)13-31-27)17-6-7-32(26(34)11-17)24(15-33)20-8-21(28)12-22(29)9-20/h2-12,14,24,33H,13,15H2,1H3/t24-/m1/s1. The van der Waals surface area contributed by atoms with E-state index >= 15 is 0 Å². The third-order valence-corrected chi connectivity index (χ3v) is 6.51. The number of ether oxygens (including phenoxy) is 1. The van der Waals surface area contributed by atoms with Crippen molar-refractivity contribution < 1.29 is 14.2 Å². The molecule has 5 rings (SSSR count). The number of aliphatic imine (C=N–C) groups is 1. The van der Waals surface area contributed by atoms with Crippen LogP contribution in [0.15, 0.2) is 87.3 Å². The molecule has 0 unspecified atom stereocenters. The van der Waals surface area contributed by atoms with Gasteiger partial charge in [-0.2, -0.15) is 0 Å². The van der Waals surface area contributed by atoms with E-state index in [9.17, 15) is 14.3 Å². The first kappa shape index (κ1) is 23.1. The lowest BCUT2D eigenvalue weighted by Gasteiger charge is -2.19. The van der Waals surface area contributed by atoms with Crippen molar-refractivity contribution >= 4 is 21.6 Å². The summed E-state index contributed by atoms with van der Waals surface area (Å²) in [6.45, 7) is 0.240. The van der Waals surface area contributed by atoms with Crippen LogP contribution in [0.4, 0.5) is 4.39 Å². The largest absolute Gasteiger partial charge is 0.481 e. The molecule has 0 fully saturated rings. The Bertz CT molecular complexity index is 1480. The Hall–Kier alpha value is -3.62. The fraction of sp³-hybridized carbons (Fsp3) is 0.148. The number of hydrogen-bond acceptors (Lipinski definition) is 5. The van der Waals surface area contributed by atoms with Gasteiger partial charge in [0.1, 0.15) is 5.82 Å². The molecule has 0 radical (unpaired) electrons. The van der Waals surface area contributed by atoms with Crippen molar-refractivity contribution in [2.75, 3.05) is 13.7 Å². The van der Waals surface area contributed by atoms with E-state index in [1.807, 2.05) is 30.3 Å². The number of benzene rings is 2. The normalized spacial score (nSPS) is 13.3. The van der Waals surface area contributed by atoms with Crippen molar-refractivity contribution in [2.45, 2.75) is 12.6 Å². The van der Waals surface area contributed by atoms with E-state index < -0.39 is 11.9 Å². The van der Waals surface area contributed by atoms with Crippen LogP contribution >= 0.6 is 15.9 Å². The molecule has 35 heavy (non-hydrogen) atoms. The number of pyridine rings is 2. The Morgan fingerprint density at radius 2 is 1.89 bits per heavy atom. The van der Waals surface area contributed by atoms with Gasteiger partial charge in [0.05, 0.1) is 32.0 Å². The monoisotopic (exact) mass is 533 g/mol. The van der Waals surface area contributed by atoms with Crippen LogP contribution in [0.2, 0.25) is 0 Å². The van der Waals surface area contributed by atoms with Crippen molar-refractivity contribution in [1.29, 1.82) is 0 Å². The number of aromatic nitrogens is 2. The van der Waals surface area contributed by atoms with Gasteiger partial charge in [-0.15, -0.1) is 0 Å². The van der Waals surface area contributed by atoms with Gasteiger partial charge in [0.2, 0.25) is 5.88 Å². The molecule has 1 aliphatic heterocycles. The Kier molecular flexibility index (Phi) is 6.32. The zero-order valence-corrected chi connectivity index (χ0v) is 20.4. The first-order valence-corrected chi connectivity index (χ1v) is 11.7. The SMILES string of the molecule is COc1ccc(C2=NCc3ccc(-c4ccn([C@H](CO)c5cc(F)cc(Br)c5)c(=O)c4)cc32)cn1. The summed E-state index contributed by atoms with van der Waals surface area (Å²) >= 11 is 3.27. The van der Waals surface area contributed by atoms with Gasteiger partial charge in [0, 0.05) is 40.1 Å².